The highest BCUT2D eigenvalue weighted by Crippen LogP contribution is 2.22. The molecule has 0 bridgehead atoms. The molecule has 1 unspecified atom stereocenters. The molecule has 0 aliphatic rings. The molecule has 1 atom stereocenters. The maximum Gasteiger partial charge on any atom is 0.123 e. The molecule has 0 fully saturated rings. The van der Waals surface area contributed by atoms with Crippen molar-refractivity contribution < 1.29 is 4.39 Å². The molecule has 102 valence electrons. The van der Waals surface area contributed by atoms with Crippen LogP contribution in [0.15, 0.2) is 24.4 Å². The number of nitrogens with zero attached hydrogens (tertiary/aromatic N) is 2. The quantitative estimate of drug-likeness (QED) is 0.919. The smallest absolute Gasteiger partial charge is 0.123 e. The lowest BCUT2D eigenvalue weighted by Crippen LogP contribution is -2.15. The molecule has 4 heteroatoms. The topological polar surface area (TPSA) is 43.8 Å². The fraction of sp³-hybridized carbons (Fsp3) is 0.400. The first-order valence-electron chi connectivity index (χ1n) is 6.54. The van der Waals surface area contributed by atoms with Crippen LogP contribution in [-0.4, -0.2) is 9.78 Å². The summed E-state index contributed by atoms with van der Waals surface area (Å²) >= 11 is 0. The van der Waals surface area contributed by atoms with E-state index >= 15 is 0 Å². The number of hydrogen-bond acceptors (Lipinski definition) is 2. The fourth-order valence-electron chi connectivity index (χ4n) is 2.34. The minimum Gasteiger partial charge on any atom is -0.324 e. The summed E-state index contributed by atoms with van der Waals surface area (Å²) in [5, 5.41) is 4.39. The summed E-state index contributed by atoms with van der Waals surface area (Å²) in [6.07, 6.45) is 3.44. The van der Waals surface area contributed by atoms with Gasteiger partial charge in [-0.05, 0) is 43.0 Å². The van der Waals surface area contributed by atoms with E-state index in [2.05, 4.69) is 12.0 Å². The van der Waals surface area contributed by atoms with Gasteiger partial charge >= 0.3 is 0 Å². The number of rotatable bonds is 4. The molecule has 0 aliphatic heterocycles. The predicted octanol–water partition coefficient (Wildman–Crippen LogP) is 2.67. The summed E-state index contributed by atoms with van der Waals surface area (Å²) in [5.74, 6) is -0.213. The van der Waals surface area contributed by atoms with Crippen LogP contribution in [-0.2, 0) is 19.9 Å². The second-order valence-corrected chi connectivity index (χ2v) is 4.94. The molecular formula is C15H20FN3. The molecule has 0 amide bonds. The zero-order chi connectivity index (χ0) is 14.0. The molecule has 1 aromatic carbocycles. The minimum atomic E-state index is -0.213. The third kappa shape index (κ3) is 3.01. The van der Waals surface area contributed by atoms with E-state index < -0.39 is 0 Å². The first-order valence-corrected chi connectivity index (χ1v) is 6.54. The van der Waals surface area contributed by atoms with Gasteiger partial charge in [-0.3, -0.25) is 4.68 Å². The highest BCUT2D eigenvalue weighted by molar-refractivity contribution is 5.30. The Morgan fingerprint density at radius 3 is 2.84 bits per heavy atom. The van der Waals surface area contributed by atoms with E-state index in [1.807, 2.05) is 20.2 Å². The molecule has 0 radical (unpaired) electrons. The minimum absolute atomic E-state index is 0.149. The average Bonchev–Trinajstić information content (AvgIpc) is 2.75. The number of benzene rings is 1. The molecule has 0 saturated carbocycles. The largest absolute Gasteiger partial charge is 0.324 e. The molecule has 2 aromatic rings. The number of hydrogen-bond donors (Lipinski definition) is 1. The Bertz CT molecular complexity index is 575. The SMILES string of the molecule is CCc1nn(C)cc1C(N)Cc1cc(F)ccc1C. The first-order chi connectivity index (χ1) is 9.01. The van der Waals surface area contributed by atoms with E-state index in [-0.39, 0.29) is 11.9 Å². The van der Waals surface area contributed by atoms with Crippen LogP contribution in [0.1, 0.15) is 35.3 Å². The van der Waals surface area contributed by atoms with Crippen molar-refractivity contribution in [2.24, 2.45) is 12.8 Å². The van der Waals surface area contributed by atoms with Crippen LogP contribution in [0.25, 0.3) is 0 Å². The Hall–Kier alpha value is -1.68. The Morgan fingerprint density at radius 1 is 1.42 bits per heavy atom. The standard InChI is InChI=1S/C15H20FN3/c1-4-15-13(9-19(3)18-15)14(17)8-11-7-12(16)6-5-10(11)2/h5-7,9,14H,4,8,17H2,1-3H3. The van der Waals surface area contributed by atoms with Gasteiger partial charge in [-0.1, -0.05) is 13.0 Å². The third-order valence-corrected chi connectivity index (χ3v) is 3.42. The molecule has 2 N–H and O–H groups in total. The van der Waals surface area contributed by atoms with Crippen LogP contribution in [0, 0.1) is 12.7 Å². The van der Waals surface area contributed by atoms with Gasteiger partial charge in [0.15, 0.2) is 0 Å². The number of halogens is 1. The molecule has 19 heavy (non-hydrogen) atoms. The Kier molecular flexibility index (Phi) is 4.00. The van der Waals surface area contributed by atoms with Crippen LogP contribution in [0.4, 0.5) is 4.39 Å². The zero-order valence-corrected chi connectivity index (χ0v) is 11.7. The number of aromatic nitrogens is 2. The lowest BCUT2D eigenvalue weighted by Gasteiger charge is -2.13. The van der Waals surface area contributed by atoms with Crippen molar-refractivity contribution >= 4 is 0 Å². The highest BCUT2D eigenvalue weighted by atomic mass is 19.1. The summed E-state index contributed by atoms with van der Waals surface area (Å²) in [4.78, 5) is 0. The molecule has 2 rings (SSSR count). The summed E-state index contributed by atoms with van der Waals surface area (Å²) in [6, 6.07) is 4.69. The molecule has 1 heterocycles. The van der Waals surface area contributed by atoms with E-state index in [9.17, 15) is 4.39 Å². The van der Waals surface area contributed by atoms with Gasteiger partial charge in [-0.2, -0.15) is 5.10 Å². The summed E-state index contributed by atoms with van der Waals surface area (Å²) in [6.45, 7) is 4.04. The fourth-order valence-corrected chi connectivity index (χ4v) is 2.34. The lowest BCUT2D eigenvalue weighted by molar-refractivity contribution is 0.620. The van der Waals surface area contributed by atoms with Gasteiger partial charge in [-0.25, -0.2) is 4.39 Å². The van der Waals surface area contributed by atoms with Gasteiger partial charge < -0.3 is 5.73 Å². The predicted molar refractivity (Wildman–Crippen MR) is 74.4 cm³/mol. The van der Waals surface area contributed by atoms with Crippen LogP contribution in [0.3, 0.4) is 0 Å². The van der Waals surface area contributed by atoms with Crippen molar-refractivity contribution in [2.75, 3.05) is 0 Å². The van der Waals surface area contributed by atoms with Crippen molar-refractivity contribution in [1.29, 1.82) is 0 Å². The van der Waals surface area contributed by atoms with Gasteiger partial charge in [0.25, 0.3) is 0 Å². The molecule has 1 aromatic heterocycles. The Morgan fingerprint density at radius 2 is 2.16 bits per heavy atom. The van der Waals surface area contributed by atoms with Crippen molar-refractivity contribution in [1.82, 2.24) is 9.78 Å². The van der Waals surface area contributed by atoms with E-state index in [1.165, 1.54) is 6.07 Å². The Labute approximate surface area is 113 Å². The van der Waals surface area contributed by atoms with Gasteiger partial charge in [-0.15, -0.1) is 0 Å². The number of aryl methyl sites for hydroxylation is 3. The molecule has 0 spiro atoms. The average molecular weight is 261 g/mol. The third-order valence-electron chi connectivity index (χ3n) is 3.42. The van der Waals surface area contributed by atoms with Crippen LogP contribution in [0.5, 0.6) is 0 Å². The Balaban J connectivity index is 2.25. The monoisotopic (exact) mass is 261 g/mol. The normalized spacial score (nSPS) is 12.7. The summed E-state index contributed by atoms with van der Waals surface area (Å²) in [5.41, 5.74) is 10.4. The van der Waals surface area contributed by atoms with Gasteiger partial charge in [0, 0.05) is 24.8 Å². The highest BCUT2D eigenvalue weighted by Gasteiger charge is 2.15. The maximum absolute atomic E-state index is 13.3. The van der Waals surface area contributed by atoms with Crippen molar-refractivity contribution in [3.63, 3.8) is 0 Å². The summed E-state index contributed by atoms with van der Waals surface area (Å²) in [7, 11) is 1.89. The van der Waals surface area contributed by atoms with E-state index in [0.717, 1.165) is 28.8 Å². The van der Waals surface area contributed by atoms with E-state index in [4.69, 9.17) is 5.73 Å². The van der Waals surface area contributed by atoms with Crippen molar-refractivity contribution in [2.45, 2.75) is 32.7 Å². The second-order valence-electron chi connectivity index (χ2n) is 4.94. The molecule has 3 nitrogen and oxygen atoms in total. The first kappa shape index (κ1) is 13.7. The zero-order valence-electron chi connectivity index (χ0n) is 11.7. The maximum atomic E-state index is 13.3. The van der Waals surface area contributed by atoms with E-state index in [1.54, 1.807) is 16.8 Å². The molecule has 0 aliphatic carbocycles. The second kappa shape index (κ2) is 5.53. The lowest BCUT2D eigenvalue weighted by atomic mass is 9.96. The van der Waals surface area contributed by atoms with Crippen LogP contribution < -0.4 is 5.73 Å². The van der Waals surface area contributed by atoms with Gasteiger partial charge in [0.1, 0.15) is 5.82 Å². The van der Waals surface area contributed by atoms with Gasteiger partial charge in [0.2, 0.25) is 0 Å². The van der Waals surface area contributed by atoms with E-state index in [0.29, 0.717) is 6.42 Å². The number of nitrogens with two attached hydrogens (primary N) is 1. The van der Waals surface area contributed by atoms with Crippen molar-refractivity contribution in [3.05, 3.63) is 52.6 Å². The summed E-state index contributed by atoms with van der Waals surface area (Å²) < 4.78 is 15.1. The van der Waals surface area contributed by atoms with Gasteiger partial charge in [0.05, 0.1) is 5.69 Å². The van der Waals surface area contributed by atoms with Crippen molar-refractivity contribution in [3.8, 4) is 0 Å². The molecular weight excluding hydrogens is 241 g/mol. The van der Waals surface area contributed by atoms with Crippen LogP contribution >= 0.6 is 0 Å². The molecule has 0 saturated heterocycles. The van der Waals surface area contributed by atoms with Crippen LogP contribution in [0.2, 0.25) is 0 Å².